The zero-order valence-electron chi connectivity index (χ0n) is 10.7. The van der Waals surface area contributed by atoms with Crippen LogP contribution in [0, 0.1) is 0 Å². The summed E-state index contributed by atoms with van der Waals surface area (Å²) in [6, 6.07) is 7.54. The fraction of sp³-hybridized carbons (Fsp3) is 0.357. The van der Waals surface area contributed by atoms with Gasteiger partial charge in [0.1, 0.15) is 5.75 Å². The normalized spacial score (nSPS) is 11.7. The van der Waals surface area contributed by atoms with E-state index in [0.29, 0.717) is 12.3 Å². The summed E-state index contributed by atoms with van der Waals surface area (Å²) in [4.78, 5) is 11.3. The molecule has 4 heteroatoms. The molecule has 0 aromatic heterocycles. The van der Waals surface area contributed by atoms with Gasteiger partial charge >= 0.3 is 0 Å². The van der Waals surface area contributed by atoms with E-state index in [-0.39, 0.29) is 18.6 Å². The molecular weight excluding hydrogens is 228 g/mol. The lowest BCUT2D eigenvalue weighted by molar-refractivity contribution is -0.122. The van der Waals surface area contributed by atoms with Crippen molar-refractivity contribution in [2.24, 2.45) is 5.73 Å². The number of hydrogen-bond acceptors (Lipinski definition) is 3. The van der Waals surface area contributed by atoms with E-state index >= 15 is 0 Å². The molecule has 1 aromatic carbocycles. The molecule has 18 heavy (non-hydrogen) atoms. The summed E-state index contributed by atoms with van der Waals surface area (Å²) in [5.41, 5.74) is 6.98. The first-order valence-electron chi connectivity index (χ1n) is 6.03. The molecule has 0 saturated heterocycles. The maximum Gasteiger partial charge on any atom is 0.258 e. The molecule has 0 radical (unpaired) electrons. The number of carbonyl (C=O) groups is 1. The lowest BCUT2D eigenvalue weighted by Crippen LogP contribution is -2.28. The van der Waals surface area contributed by atoms with Crippen molar-refractivity contribution in [1.29, 1.82) is 0 Å². The van der Waals surface area contributed by atoms with E-state index in [4.69, 9.17) is 10.5 Å². The Morgan fingerprint density at radius 3 is 2.72 bits per heavy atom. The Morgan fingerprint density at radius 2 is 2.17 bits per heavy atom. The number of hydrogen-bond donors (Lipinski definition) is 2. The van der Waals surface area contributed by atoms with Crippen molar-refractivity contribution in [3.63, 3.8) is 0 Å². The van der Waals surface area contributed by atoms with Crippen LogP contribution in [-0.2, 0) is 4.79 Å². The third-order valence-electron chi connectivity index (χ3n) is 2.56. The molecule has 0 aliphatic carbocycles. The van der Waals surface area contributed by atoms with Crippen LogP contribution in [0.4, 0.5) is 0 Å². The van der Waals surface area contributed by atoms with E-state index in [1.807, 2.05) is 31.2 Å². The number of nitrogens with two attached hydrogens (primary N) is 1. The summed E-state index contributed by atoms with van der Waals surface area (Å²) in [5, 5.41) is 2.64. The molecule has 1 aromatic rings. The average molecular weight is 248 g/mol. The number of nitrogens with one attached hydrogen (secondary N) is 1. The van der Waals surface area contributed by atoms with Gasteiger partial charge in [-0.1, -0.05) is 25.1 Å². The van der Waals surface area contributed by atoms with Crippen LogP contribution in [0.5, 0.6) is 5.75 Å². The lowest BCUT2D eigenvalue weighted by Gasteiger charge is -2.10. The van der Waals surface area contributed by atoms with Gasteiger partial charge < -0.3 is 15.8 Å². The van der Waals surface area contributed by atoms with Crippen molar-refractivity contribution in [3.05, 3.63) is 42.5 Å². The second-order valence-electron chi connectivity index (χ2n) is 3.97. The fourth-order valence-electron chi connectivity index (χ4n) is 1.43. The summed E-state index contributed by atoms with van der Waals surface area (Å²) in [7, 11) is 0. The molecule has 0 saturated carbocycles. The summed E-state index contributed by atoms with van der Waals surface area (Å²) in [5.74, 6) is 0.500. The minimum atomic E-state index is -0.163. The number of benzene rings is 1. The summed E-state index contributed by atoms with van der Waals surface area (Å²) >= 11 is 0. The highest BCUT2D eigenvalue weighted by Gasteiger charge is 2.04. The van der Waals surface area contributed by atoms with Crippen molar-refractivity contribution < 1.29 is 9.53 Å². The zero-order chi connectivity index (χ0) is 13.4. The van der Waals surface area contributed by atoms with E-state index in [1.165, 1.54) is 0 Å². The van der Waals surface area contributed by atoms with E-state index in [0.717, 1.165) is 12.0 Å². The van der Waals surface area contributed by atoms with Gasteiger partial charge in [-0.25, -0.2) is 0 Å². The molecule has 1 atom stereocenters. The largest absolute Gasteiger partial charge is 0.484 e. The molecular formula is C14H20N2O2. The highest BCUT2D eigenvalue weighted by Crippen LogP contribution is 2.18. The molecule has 3 N–H and O–H groups in total. The Bertz CT molecular complexity index is 387. The van der Waals surface area contributed by atoms with Gasteiger partial charge in [0.25, 0.3) is 5.91 Å². The highest BCUT2D eigenvalue weighted by molar-refractivity contribution is 5.77. The van der Waals surface area contributed by atoms with Gasteiger partial charge in [0.15, 0.2) is 6.61 Å². The topological polar surface area (TPSA) is 64.3 Å². The number of ether oxygens (including phenoxy) is 1. The third kappa shape index (κ3) is 4.59. The molecule has 1 rings (SSSR count). The lowest BCUT2D eigenvalue weighted by atomic mass is 10.1. The van der Waals surface area contributed by atoms with E-state index < -0.39 is 0 Å². The second kappa shape index (κ2) is 7.50. The fourth-order valence-corrected chi connectivity index (χ4v) is 1.43. The standard InChI is InChI=1S/C14H20N2O2/c1-3-9-16-14(17)10-18-12-7-5-11(6-8-12)13(15)4-2/h3,5-8,13H,1,4,9-10,15H2,2H3,(H,16,17)/t13-/m1/s1. The van der Waals surface area contributed by atoms with Crippen LogP contribution in [-0.4, -0.2) is 19.1 Å². The zero-order valence-corrected chi connectivity index (χ0v) is 10.7. The predicted molar refractivity (Wildman–Crippen MR) is 72.4 cm³/mol. The summed E-state index contributed by atoms with van der Waals surface area (Å²) in [6.45, 7) is 6.02. The van der Waals surface area contributed by atoms with Crippen molar-refractivity contribution >= 4 is 5.91 Å². The van der Waals surface area contributed by atoms with Gasteiger partial charge in [-0.05, 0) is 24.1 Å². The Hall–Kier alpha value is -1.81. The first-order valence-corrected chi connectivity index (χ1v) is 6.03. The van der Waals surface area contributed by atoms with Gasteiger partial charge in [-0.2, -0.15) is 0 Å². The number of rotatable bonds is 7. The quantitative estimate of drug-likeness (QED) is 0.723. The Labute approximate surface area is 108 Å². The van der Waals surface area contributed by atoms with Gasteiger partial charge in [0.2, 0.25) is 0 Å². The summed E-state index contributed by atoms with van der Waals surface area (Å²) < 4.78 is 5.35. The molecule has 0 aliphatic heterocycles. The Morgan fingerprint density at radius 1 is 1.50 bits per heavy atom. The number of carbonyl (C=O) groups excluding carboxylic acids is 1. The van der Waals surface area contributed by atoms with Crippen LogP contribution in [0.15, 0.2) is 36.9 Å². The van der Waals surface area contributed by atoms with E-state index in [1.54, 1.807) is 6.08 Å². The van der Waals surface area contributed by atoms with Crippen molar-refractivity contribution in [2.75, 3.05) is 13.2 Å². The van der Waals surface area contributed by atoms with Gasteiger partial charge in [0, 0.05) is 12.6 Å². The van der Waals surface area contributed by atoms with Gasteiger partial charge in [-0.15, -0.1) is 6.58 Å². The molecule has 4 nitrogen and oxygen atoms in total. The molecule has 1 amide bonds. The van der Waals surface area contributed by atoms with Crippen LogP contribution in [0.25, 0.3) is 0 Å². The third-order valence-corrected chi connectivity index (χ3v) is 2.56. The minimum Gasteiger partial charge on any atom is -0.484 e. The van der Waals surface area contributed by atoms with Crippen LogP contribution in [0.1, 0.15) is 24.9 Å². The first kappa shape index (κ1) is 14.3. The van der Waals surface area contributed by atoms with Crippen LogP contribution in [0.3, 0.4) is 0 Å². The van der Waals surface area contributed by atoms with Crippen molar-refractivity contribution in [2.45, 2.75) is 19.4 Å². The highest BCUT2D eigenvalue weighted by atomic mass is 16.5. The maximum atomic E-state index is 11.3. The van der Waals surface area contributed by atoms with Crippen molar-refractivity contribution in [3.8, 4) is 5.75 Å². The van der Waals surface area contributed by atoms with Gasteiger partial charge in [0.05, 0.1) is 0 Å². The second-order valence-corrected chi connectivity index (χ2v) is 3.97. The SMILES string of the molecule is C=CCNC(=O)COc1ccc([C@H](N)CC)cc1. The Balaban J connectivity index is 2.44. The molecule has 0 unspecified atom stereocenters. The number of amides is 1. The molecule has 0 aliphatic rings. The van der Waals surface area contributed by atoms with Crippen LogP contribution < -0.4 is 15.8 Å². The molecule has 0 heterocycles. The van der Waals surface area contributed by atoms with Crippen molar-refractivity contribution in [1.82, 2.24) is 5.32 Å². The minimum absolute atomic E-state index is 0.00696. The smallest absolute Gasteiger partial charge is 0.258 e. The maximum absolute atomic E-state index is 11.3. The van der Waals surface area contributed by atoms with E-state index in [2.05, 4.69) is 11.9 Å². The molecule has 0 fully saturated rings. The molecule has 98 valence electrons. The molecule has 0 bridgehead atoms. The summed E-state index contributed by atoms with van der Waals surface area (Å²) in [6.07, 6.45) is 2.52. The van der Waals surface area contributed by atoms with Crippen LogP contribution >= 0.6 is 0 Å². The monoisotopic (exact) mass is 248 g/mol. The average Bonchev–Trinajstić information content (AvgIpc) is 2.42. The Kier molecular flexibility index (Phi) is 5.94. The van der Waals surface area contributed by atoms with E-state index in [9.17, 15) is 4.79 Å². The van der Waals surface area contributed by atoms with Gasteiger partial charge in [-0.3, -0.25) is 4.79 Å². The first-order chi connectivity index (χ1) is 8.67. The van der Waals surface area contributed by atoms with Crippen LogP contribution in [0.2, 0.25) is 0 Å². The predicted octanol–water partition coefficient (Wildman–Crippen LogP) is 1.78. The molecule has 0 spiro atoms.